The summed E-state index contributed by atoms with van der Waals surface area (Å²) in [5, 5.41) is 13.4. The molecule has 0 aliphatic heterocycles. The largest absolute Gasteiger partial charge is 0.417 e. The number of nitrogens with zero attached hydrogens (tertiary/aromatic N) is 3. The summed E-state index contributed by atoms with van der Waals surface area (Å²) in [7, 11) is -4.22. The van der Waals surface area contributed by atoms with Crippen molar-refractivity contribution < 1.29 is 21.6 Å². The Balaban J connectivity index is 1.63. The van der Waals surface area contributed by atoms with Gasteiger partial charge in [0.25, 0.3) is 0 Å². The van der Waals surface area contributed by atoms with Crippen molar-refractivity contribution in [2.45, 2.75) is 80.8 Å². The molecule has 3 N–H and O–H groups in total. The molecule has 2 atom stereocenters. The summed E-state index contributed by atoms with van der Waals surface area (Å²) in [6.07, 6.45) is 5.13. The first-order chi connectivity index (χ1) is 15.5. The zero-order valence-corrected chi connectivity index (χ0v) is 19.4. The van der Waals surface area contributed by atoms with Gasteiger partial charge in [0.2, 0.25) is 5.82 Å². The second kappa shape index (κ2) is 9.32. The third-order valence-corrected chi connectivity index (χ3v) is 8.38. The summed E-state index contributed by atoms with van der Waals surface area (Å²) in [6.45, 7) is 0. The molecule has 0 amide bonds. The van der Waals surface area contributed by atoms with E-state index in [-0.39, 0.29) is 17.3 Å². The minimum absolute atomic E-state index is 0.0638. The van der Waals surface area contributed by atoms with Crippen LogP contribution in [0.25, 0.3) is 11.4 Å². The molecule has 1 heterocycles. The quantitative estimate of drug-likeness (QED) is 0.646. The highest BCUT2D eigenvalue weighted by atomic mass is 32.2. The number of rotatable bonds is 5. The Hall–Kier alpha value is -2.01. The number of aromatic nitrogens is 4. The molecule has 11 heteroatoms. The van der Waals surface area contributed by atoms with Crippen LogP contribution in [0.4, 0.5) is 13.2 Å². The molecule has 0 spiro atoms. The van der Waals surface area contributed by atoms with E-state index in [4.69, 9.17) is 5.73 Å². The number of tetrazole rings is 1. The topological polar surface area (TPSA) is 115 Å². The predicted molar refractivity (Wildman–Crippen MR) is 117 cm³/mol. The molecule has 0 radical (unpaired) electrons. The molecule has 2 aliphatic carbocycles. The number of hydrogen-bond acceptors (Lipinski definition) is 6. The molecule has 4 rings (SSSR count). The van der Waals surface area contributed by atoms with Gasteiger partial charge in [-0.15, -0.1) is 10.2 Å². The molecule has 2 fully saturated rings. The fraction of sp³-hybridized carbons (Fsp3) is 0.682. The number of benzene rings is 1. The van der Waals surface area contributed by atoms with E-state index in [1.54, 1.807) is 0 Å². The smallest absolute Gasteiger partial charge is 0.328 e. The highest BCUT2D eigenvalue weighted by Gasteiger charge is 2.40. The number of alkyl halides is 3. The van der Waals surface area contributed by atoms with E-state index in [0.29, 0.717) is 23.4 Å². The Morgan fingerprint density at radius 3 is 2.39 bits per heavy atom. The molecule has 2 unspecified atom stereocenters. The third kappa shape index (κ3) is 5.40. The predicted octanol–water partition coefficient (Wildman–Crippen LogP) is 4.47. The lowest BCUT2D eigenvalue weighted by molar-refractivity contribution is -0.139. The first-order valence-electron chi connectivity index (χ1n) is 11.5. The maximum Gasteiger partial charge on any atom is 0.417 e. The maximum absolute atomic E-state index is 13.7. The van der Waals surface area contributed by atoms with Crippen LogP contribution in [-0.2, 0) is 16.0 Å². The minimum Gasteiger partial charge on any atom is -0.328 e. The fourth-order valence-corrected chi connectivity index (χ4v) is 6.94. The lowest BCUT2D eigenvalue weighted by Gasteiger charge is -2.34. The van der Waals surface area contributed by atoms with Crippen molar-refractivity contribution in [2.75, 3.05) is 6.26 Å². The zero-order valence-electron chi connectivity index (χ0n) is 18.6. The van der Waals surface area contributed by atoms with Crippen molar-refractivity contribution in [3.05, 3.63) is 23.3 Å². The molecular weight excluding hydrogens is 455 g/mol. The summed E-state index contributed by atoms with van der Waals surface area (Å²) in [6, 6.07) is 2.57. The van der Waals surface area contributed by atoms with E-state index >= 15 is 0 Å². The van der Waals surface area contributed by atoms with Crippen molar-refractivity contribution in [3.63, 3.8) is 0 Å². The minimum atomic E-state index is -4.83. The van der Waals surface area contributed by atoms with Gasteiger partial charge in [-0.25, -0.2) is 8.42 Å². The van der Waals surface area contributed by atoms with Gasteiger partial charge in [-0.3, -0.25) is 0 Å². The highest BCUT2D eigenvalue weighted by Crippen LogP contribution is 2.46. The molecule has 182 valence electrons. The van der Waals surface area contributed by atoms with Crippen LogP contribution in [0, 0.1) is 11.8 Å². The van der Waals surface area contributed by atoms with Gasteiger partial charge >= 0.3 is 6.18 Å². The van der Waals surface area contributed by atoms with Crippen LogP contribution in [0.2, 0.25) is 0 Å². The van der Waals surface area contributed by atoms with Crippen molar-refractivity contribution in [1.29, 1.82) is 0 Å². The average molecular weight is 486 g/mol. The molecule has 2 aliphatic rings. The standard InChI is InChI=1S/C22H30F3N5O2S/c1-33(31,32)20-18(22(23,24)25)10-9-17(19(20)21-27-29-30-28-21)15-7-5-13(6-8-15)11-14-3-2-4-16(26)12-14/h9-10,13-16H,2-8,11-12,26H2,1H3,(H,27,28,29,30). The van der Waals surface area contributed by atoms with Crippen LogP contribution in [0.1, 0.15) is 74.8 Å². The van der Waals surface area contributed by atoms with Crippen molar-refractivity contribution in [2.24, 2.45) is 17.6 Å². The number of hydrogen-bond donors (Lipinski definition) is 2. The van der Waals surface area contributed by atoms with Gasteiger partial charge in [0.15, 0.2) is 9.84 Å². The van der Waals surface area contributed by atoms with Gasteiger partial charge in [-0.2, -0.15) is 18.4 Å². The van der Waals surface area contributed by atoms with Crippen LogP contribution >= 0.6 is 0 Å². The average Bonchev–Trinajstić information content (AvgIpc) is 3.27. The zero-order chi connectivity index (χ0) is 23.8. The molecule has 0 saturated heterocycles. The Morgan fingerprint density at radius 2 is 1.82 bits per heavy atom. The van der Waals surface area contributed by atoms with E-state index in [1.807, 2.05) is 0 Å². The highest BCUT2D eigenvalue weighted by molar-refractivity contribution is 7.91. The summed E-state index contributed by atoms with van der Waals surface area (Å²) in [4.78, 5) is -0.771. The SMILES string of the molecule is CS(=O)(=O)c1c(C(F)(F)F)ccc(C2CCC(CC3CCCC(N)C3)CC2)c1-c1nn[nH]n1. The second-order valence-electron chi connectivity index (χ2n) is 9.66. The van der Waals surface area contributed by atoms with Crippen LogP contribution in [0.15, 0.2) is 17.0 Å². The van der Waals surface area contributed by atoms with Crippen molar-refractivity contribution in [3.8, 4) is 11.4 Å². The molecule has 1 aromatic carbocycles. The van der Waals surface area contributed by atoms with Crippen LogP contribution < -0.4 is 5.73 Å². The third-order valence-electron chi connectivity index (χ3n) is 7.21. The van der Waals surface area contributed by atoms with Crippen LogP contribution in [0.3, 0.4) is 0 Å². The number of halogens is 3. The van der Waals surface area contributed by atoms with Crippen molar-refractivity contribution in [1.82, 2.24) is 20.6 Å². The van der Waals surface area contributed by atoms with E-state index in [1.165, 1.54) is 18.9 Å². The lowest BCUT2D eigenvalue weighted by atomic mass is 9.72. The number of aromatic amines is 1. The molecule has 33 heavy (non-hydrogen) atoms. The molecule has 2 aromatic rings. The fourth-order valence-electron chi connectivity index (χ4n) is 5.77. The van der Waals surface area contributed by atoms with Gasteiger partial charge in [0.05, 0.1) is 10.5 Å². The summed E-state index contributed by atoms with van der Waals surface area (Å²) < 4.78 is 66.3. The Bertz CT molecular complexity index is 1060. The van der Waals surface area contributed by atoms with Crippen LogP contribution in [0.5, 0.6) is 0 Å². The van der Waals surface area contributed by atoms with Gasteiger partial charge in [-0.1, -0.05) is 18.9 Å². The second-order valence-corrected chi connectivity index (χ2v) is 11.6. The monoisotopic (exact) mass is 485 g/mol. The van der Waals surface area contributed by atoms with E-state index in [0.717, 1.165) is 57.3 Å². The Kier molecular flexibility index (Phi) is 6.82. The van der Waals surface area contributed by atoms with Gasteiger partial charge in [-0.05, 0) is 79.5 Å². The summed E-state index contributed by atoms with van der Waals surface area (Å²) >= 11 is 0. The maximum atomic E-state index is 13.7. The lowest BCUT2D eigenvalue weighted by Crippen LogP contribution is -2.29. The Morgan fingerprint density at radius 1 is 1.09 bits per heavy atom. The van der Waals surface area contributed by atoms with Gasteiger partial charge in [0, 0.05) is 17.9 Å². The normalized spacial score (nSPS) is 26.9. The van der Waals surface area contributed by atoms with Gasteiger partial charge in [0.1, 0.15) is 0 Å². The van der Waals surface area contributed by atoms with E-state index < -0.39 is 26.5 Å². The van der Waals surface area contributed by atoms with Gasteiger partial charge < -0.3 is 5.73 Å². The molecule has 2 saturated carbocycles. The number of H-pyrrole nitrogens is 1. The molecule has 1 aromatic heterocycles. The first-order valence-corrected chi connectivity index (χ1v) is 13.4. The van der Waals surface area contributed by atoms with E-state index in [9.17, 15) is 21.6 Å². The van der Waals surface area contributed by atoms with Crippen molar-refractivity contribution >= 4 is 9.84 Å². The molecular formula is C22H30F3N5O2S. The number of sulfone groups is 1. The van der Waals surface area contributed by atoms with Crippen LogP contribution in [-0.4, -0.2) is 41.3 Å². The molecule has 0 bridgehead atoms. The number of nitrogens with two attached hydrogens (primary N) is 1. The first kappa shape index (κ1) is 24.1. The summed E-state index contributed by atoms with van der Waals surface area (Å²) in [5.74, 6) is 1.02. The number of nitrogens with one attached hydrogen (secondary N) is 1. The molecule has 7 nitrogen and oxygen atoms in total. The Labute approximate surface area is 191 Å². The van der Waals surface area contributed by atoms with E-state index in [2.05, 4.69) is 20.6 Å². The summed E-state index contributed by atoms with van der Waals surface area (Å²) in [5.41, 5.74) is 5.40.